The molecule has 0 aromatic heterocycles. The van der Waals surface area contributed by atoms with Crippen LogP contribution < -0.4 is 4.74 Å². The van der Waals surface area contributed by atoms with Crippen molar-refractivity contribution >= 4 is 11.5 Å². The molecule has 0 fully saturated rings. The number of hydrogen-bond acceptors (Lipinski definition) is 5. The fraction of sp³-hybridized carbons (Fsp3) is 0.412. The molecule has 1 aromatic rings. The quantitative estimate of drug-likeness (QED) is 0.669. The molecule has 5 nitrogen and oxygen atoms in total. The molecule has 0 bridgehead atoms. The third kappa shape index (κ3) is 2.08. The van der Waals surface area contributed by atoms with Crippen molar-refractivity contribution in [2.24, 2.45) is 0 Å². The molecule has 0 radical (unpaired) electrons. The number of methoxy groups -OCH3 is 2. The van der Waals surface area contributed by atoms with E-state index in [-0.39, 0.29) is 0 Å². The number of carbonyl (C=O) groups is 1. The molecule has 114 valence electrons. The lowest BCUT2D eigenvalue weighted by molar-refractivity contribution is 0.0596. The van der Waals surface area contributed by atoms with Gasteiger partial charge < -0.3 is 14.6 Å². The van der Waals surface area contributed by atoms with Crippen LogP contribution in [0.3, 0.4) is 0 Å². The highest BCUT2D eigenvalue weighted by molar-refractivity contribution is 5.97. The van der Waals surface area contributed by atoms with Gasteiger partial charge in [-0.05, 0) is 42.0 Å². The Bertz CT molecular complexity index is 729. The minimum atomic E-state index is -1.30. The first-order valence-corrected chi connectivity index (χ1v) is 7.16. The minimum absolute atomic E-state index is 0.330. The van der Waals surface area contributed by atoms with Gasteiger partial charge in [0.2, 0.25) is 0 Å². The number of ether oxygens (including phenoxy) is 2. The van der Waals surface area contributed by atoms with Crippen molar-refractivity contribution in [2.45, 2.75) is 31.3 Å². The average molecular weight is 299 g/mol. The molecule has 1 unspecified atom stereocenters. The Labute approximate surface area is 128 Å². The van der Waals surface area contributed by atoms with Crippen molar-refractivity contribution in [3.63, 3.8) is 0 Å². The molecular formula is C17H17NO4. The van der Waals surface area contributed by atoms with Gasteiger partial charge in [0.15, 0.2) is 5.60 Å². The van der Waals surface area contributed by atoms with Crippen molar-refractivity contribution in [3.8, 4) is 11.8 Å². The highest BCUT2D eigenvalue weighted by Crippen LogP contribution is 2.47. The summed E-state index contributed by atoms with van der Waals surface area (Å²) in [5.41, 5.74) is 3.20. The van der Waals surface area contributed by atoms with Crippen LogP contribution in [-0.4, -0.2) is 30.9 Å². The van der Waals surface area contributed by atoms with Crippen LogP contribution in [-0.2, 0) is 11.2 Å². The van der Waals surface area contributed by atoms with Gasteiger partial charge in [-0.2, -0.15) is 5.26 Å². The summed E-state index contributed by atoms with van der Waals surface area (Å²) in [6.07, 6.45) is 1.94. The van der Waals surface area contributed by atoms with E-state index in [1.165, 1.54) is 14.2 Å². The number of carbonyl (C=O) groups excluding carboxylic acids is 1. The topological polar surface area (TPSA) is 79.6 Å². The average Bonchev–Trinajstić information content (AvgIpc) is 2.90. The maximum atomic E-state index is 12.1. The standard InChI is InChI=1S/C17H17NO4/c1-21-14-4-3-12-11-5-6-17(20,9-18)8-10(11)7-13(12)15(14)16(19)22-2/h3-4,20H,5-8H2,1-2H3. The minimum Gasteiger partial charge on any atom is -0.496 e. The number of hydrogen-bond donors (Lipinski definition) is 1. The first kappa shape index (κ1) is 14.6. The smallest absolute Gasteiger partial charge is 0.341 e. The van der Waals surface area contributed by atoms with Gasteiger partial charge in [0.1, 0.15) is 11.3 Å². The van der Waals surface area contributed by atoms with Crippen LogP contribution in [0.4, 0.5) is 0 Å². The molecule has 3 rings (SSSR count). The molecule has 0 spiro atoms. The molecule has 1 atom stereocenters. The molecule has 5 heteroatoms. The van der Waals surface area contributed by atoms with Crippen molar-refractivity contribution in [2.75, 3.05) is 14.2 Å². The molecule has 2 aliphatic rings. The third-order valence-corrected chi connectivity index (χ3v) is 4.53. The van der Waals surface area contributed by atoms with Gasteiger partial charge in [-0.3, -0.25) is 0 Å². The van der Waals surface area contributed by atoms with E-state index in [1.54, 1.807) is 6.07 Å². The summed E-state index contributed by atoms with van der Waals surface area (Å²) in [5, 5.41) is 19.4. The van der Waals surface area contributed by atoms with E-state index in [2.05, 4.69) is 0 Å². The van der Waals surface area contributed by atoms with Gasteiger partial charge in [0, 0.05) is 6.42 Å². The van der Waals surface area contributed by atoms with Crippen LogP contribution >= 0.6 is 0 Å². The zero-order valence-electron chi connectivity index (χ0n) is 12.6. The second-order valence-electron chi connectivity index (χ2n) is 5.74. The molecule has 1 N–H and O–H groups in total. The predicted octanol–water partition coefficient (Wildman–Crippen LogP) is 2.23. The molecule has 0 saturated carbocycles. The fourth-order valence-corrected chi connectivity index (χ4v) is 3.45. The molecule has 2 aliphatic carbocycles. The Morgan fingerprint density at radius 2 is 2.18 bits per heavy atom. The van der Waals surface area contributed by atoms with E-state index in [0.29, 0.717) is 37.0 Å². The molecule has 0 amide bonds. The van der Waals surface area contributed by atoms with Crippen molar-refractivity contribution in [1.29, 1.82) is 5.26 Å². The second kappa shape index (κ2) is 5.15. The molecule has 0 aliphatic heterocycles. The summed E-state index contributed by atoms with van der Waals surface area (Å²) in [5.74, 6) is 0.0603. The largest absolute Gasteiger partial charge is 0.496 e. The predicted molar refractivity (Wildman–Crippen MR) is 79.4 cm³/mol. The highest BCUT2D eigenvalue weighted by atomic mass is 16.5. The number of allylic oxidation sites excluding steroid dienone is 1. The number of benzene rings is 1. The number of rotatable bonds is 2. The molecule has 0 heterocycles. The Morgan fingerprint density at radius 3 is 2.82 bits per heavy atom. The van der Waals surface area contributed by atoms with Gasteiger partial charge in [-0.25, -0.2) is 4.79 Å². The first-order chi connectivity index (χ1) is 10.5. The third-order valence-electron chi connectivity index (χ3n) is 4.53. The van der Waals surface area contributed by atoms with Crippen molar-refractivity contribution in [3.05, 3.63) is 34.4 Å². The summed E-state index contributed by atoms with van der Waals surface area (Å²) < 4.78 is 10.2. The maximum absolute atomic E-state index is 12.1. The lowest BCUT2D eigenvalue weighted by Gasteiger charge is -2.26. The molecule has 22 heavy (non-hydrogen) atoms. The first-order valence-electron chi connectivity index (χ1n) is 7.16. The van der Waals surface area contributed by atoms with Crippen molar-refractivity contribution < 1.29 is 19.4 Å². The van der Waals surface area contributed by atoms with Gasteiger partial charge in [-0.1, -0.05) is 11.6 Å². The zero-order chi connectivity index (χ0) is 15.9. The SMILES string of the molecule is COC(=O)c1c(OC)ccc2c1CC1=C2CCC(O)(C#N)C1. The number of nitriles is 1. The number of esters is 1. The Kier molecular flexibility index (Phi) is 3.42. The second-order valence-corrected chi connectivity index (χ2v) is 5.74. The lowest BCUT2D eigenvalue weighted by Crippen LogP contribution is -2.29. The van der Waals surface area contributed by atoms with Gasteiger partial charge in [0.05, 0.1) is 20.3 Å². The Balaban J connectivity index is 2.08. The number of nitrogens with zero attached hydrogens (tertiary/aromatic N) is 1. The van der Waals surface area contributed by atoms with Gasteiger partial charge in [-0.15, -0.1) is 0 Å². The van der Waals surface area contributed by atoms with Crippen LogP contribution in [0.15, 0.2) is 17.7 Å². The fourth-order valence-electron chi connectivity index (χ4n) is 3.45. The Hall–Kier alpha value is -2.32. The van der Waals surface area contributed by atoms with Crippen molar-refractivity contribution in [1.82, 2.24) is 0 Å². The zero-order valence-corrected chi connectivity index (χ0v) is 12.6. The van der Waals surface area contributed by atoms with E-state index < -0.39 is 11.6 Å². The van der Waals surface area contributed by atoms with Crippen LogP contribution in [0.1, 0.15) is 40.7 Å². The van der Waals surface area contributed by atoms with Crippen LogP contribution in [0.25, 0.3) is 5.57 Å². The maximum Gasteiger partial charge on any atom is 0.341 e. The van der Waals surface area contributed by atoms with Crippen LogP contribution in [0.2, 0.25) is 0 Å². The number of aliphatic hydroxyl groups is 1. The van der Waals surface area contributed by atoms with Crippen LogP contribution in [0, 0.1) is 11.3 Å². The van der Waals surface area contributed by atoms with E-state index in [4.69, 9.17) is 14.7 Å². The lowest BCUT2D eigenvalue weighted by atomic mass is 9.81. The summed E-state index contributed by atoms with van der Waals surface area (Å²) >= 11 is 0. The van der Waals surface area contributed by atoms with E-state index in [9.17, 15) is 9.90 Å². The van der Waals surface area contributed by atoms with Gasteiger partial charge in [0.25, 0.3) is 0 Å². The highest BCUT2D eigenvalue weighted by Gasteiger charge is 2.38. The van der Waals surface area contributed by atoms with Crippen LogP contribution in [0.5, 0.6) is 5.75 Å². The van der Waals surface area contributed by atoms with E-state index in [1.807, 2.05) is 12.1 Å². The molecule has 1 aromatic carbocycles. The molecular weight excluding hydrogens is 282 g/mol. The Morgan fingerprint density at radius 1 is 1.41 bits per heavy atom. The summed E-state index contributed by atoms with van der Waals surface area (Å²) in [7, 11) is 2.86. The van der Waals surface area contributed by atoms with E-state index >= 15 is 0 Å². The number of fused-ring (bicyclic) bond motifs is 2. The molecule has 0 saturated heterocycles. The summed E-state index contributed by atoms with van der Waals surface area (Å²) in [6.45, 7) is 0. The van der Waals surface area contributed by atoms with Gasteiger partial charge >= 0.3 is 5.97 Å². The normalized spacial score (nSPS) is 22.6. The summed E-state index contributed by atoms with van der Waals surface area (Å²) in [6, 6.07) is 5.71. The summed E-state index contributed by atoms with van der Waals surface area (Å²) in [4.78, 5) is 12.1. The monoisotopic (exact) mass is 299 g/mol. The van der Waals surface area contributed by atoms with E-state index in [0.717, 1.165) is 22.3 Å².